The predicted molar refractivity (Wildman–Crippen MR) is 79.0 cm³/mol. The summed E-state index contributed by atoms with van der Waals surface area (Å²) >= 11 is 3.41. The number of ether oxygens (including phenoxy) is 1. The average Bonchev–Trinajstić information content (AvgIpc) is 2.24. The zero-order valence-corrected chi connectivity index (χ0v) is 13.5. The molecule has 1 rings (SSSR count). The summed E-state index contributed by atoms with van der Waals surface area (Å²) in [7, 11) is 1.59. The second kappa shape index (κ2) is 5.04. The fraction of sp³-hybridized carbons (Fsp3) is 0.533. The molecule has 0 N–H and O–H groups in total. The molecule has 0 aliphatic heterocycles. The van der Waals surface area contributed by atoms with E-state index in [0.29, 0.717) is 11.3 Å². The van der Waals surface area contributed by atoms with Crippen molar-refractivity contribution in [3.05, 3.63) is 29.3 Å². The Bertz CT molecular complexity index is 451. The van der Waals surface area contributed by atoms with Gasteiger partial charge in [0.05, 0.1) is 17.0 Å². The zero-order chi connectivity index (χ0) is 14.1. The van der Waals surface area contributed by atoms with Crippen LogP contribution in [-0.4, -0.2) is 17.2 Å². The molecule has 0 saturated heterocycles. The quantitative estimate of drug-likeness (QED) is 0.612. The molecule has 0 heterocycles. The smallest absolute Gasteiger partial charge is 0.182 e. The third-order valence-electron chi connectivity index (χ3n) is 2.85. The lowest BCUT2D eigenvalue weighted by atomic mass is 9.85. The SMILES string of the molecule is COc1ccc(C(C)(C)C)cc1C(=O)C(C)(C)Br. The van der Waals surface area contributed by atoms with Crippen molar-refractivity contribution in [2.24, 2.45) is 0 Å². The first-order valence-electron chi connectivity index (χ1n) is 5.99. The van der Waals surface area contributed by atoms with Gasteiger partial charge >= 0.3 is 0 Å². The standard InChI is InChI=1S/C15H21BrO2/c1-14(2,3)10-7-8-12(18-6)11(9-10)13(17)15(4,5)16/h7-9H,1-6H3. The highest BCUT2D eigenvalue weighted by Crippen LogP contribution is 2.32. The average molecular weight is 313 g/mol. The molecule has 18 heavy (non-hydrogen) atoms. The molecule has 2 nitrogen and oxygen atoms in total. The maximum absolute atomic E-state index is 12.4. The molecule has 1 aromatic carbocycles. The van der Waals surface area contributed by atoms with Gasteiger partial charge in [0.25, 0.3) is 0 Å². The van der Waals surface area contributed by atoms with Crippen LogP contribution in [0.5, 0.6) is 5.75 Å². The van der Waals surface area contributed by atoms with E-state index in [9.17, 15) is 4.79 Å². The summed E-state index contributed by atoms with van der Waals surface area (Å²) < 4.78 is 4.70. The number of rotatable bonds is 3. The molecule has 0 saturated carbocycles. The van der Waals surface area contributed by atoms with Crippen LogP contribution in [-0.2, 0) is 5.41 Å². The van der Waals surface area contributed by atoms with Crippen molar-refractivity contribution in [1.29, 1.82) is 0 Å². The van der Waals surface area contributed by atoms with Crippen LogP contribution in [0.2, 0.25) is 0 Å². The van der Waals surface area contributed by atoms with Crippen molar-refractivity contribution in [2.45, 2.75) is 44.4 Å². The number of Topliss-reactive ketones (excluding diaryl/α,β-unsaturated/α-hetero) is 1. The topological polar surface area (TPSA) is 26.3 Å². The van der Waals surface area contributed by atoms with Crippen molar-refractivity contribution in [1.82, 2.24) is 0 Å². The molecule has 0 aliphatic carbocycles. The van der Waals surface area contributed by atoms with Crippen LogP contribution in [0, 0.1) is 0 Å². The third kappa shape index (κ3) is 3.35. The summed E-state index contributed by atoms with van der Waals surface area (Å²) in [6.45, 7) is 10.1. The molecule has 0 aromatic heterocycles. The highest BCUT2D eigenvalue weighted by molar-refractivity contribution is 9.10. The van der Waals surface area contributed by atoms with Crippen LogP contribution >= 0.6 is 15.9 Å². The number of carbonyl (C=O) groups is 1. The summed E-state index contributed by atoms with van der Waals surface area (Å²) in [5, 5.41) is 0. The lowest BCUT2D eigenvalue weighted by molar-refractivity contribution is 0.0958. The van der Waals surface area contributed by atoms with Crippen LogP contribution < -0.4 is 4.74 Å². The summed E-state index contributed by atoms with van der Waals surface area (Å²) in [6.07, 6.45) is 0. The normalized spacial score (nSPS) is 12.4. The van der Waals surface area contributed by atoms with Crippen LogP contribution in [0.25, 0.3) is 0 Å². The summed E-state index contributed by atoms with van der Waals surface area (Å²) in [6, 6.07) is 5.81. The van der Waals surface area contributed by atoms with E-state index in [1.165, 1.54) is 0 Å². The van der Waals surface area contributed by atoms with E-state index in [-0.39, 0.29) is 11.2 Å². The van der Waals surface area contributed by atoms with E-state index in [1.54, 1.807) is 7.11 Å². The van der Waals surface area contributed by atoms with E-state index in [1.807, 2.05) is 32.0 Å². The molecule has 0 spiro atoms. The van der Waals surface area contributed by atoms with Crippen LogP contribution in [0.4, 0.5) is 0 Å². The summed E-state index contributed by atoms with van der Waals surface area (Å²) in [5.41, 5.74) is 1.77. The Kier molecular flexibility index (Phi) is 4.26. The number of hydrogen-bond donors (Lipinski definition) is 0. The maximum Gasteiger partial charge on any atom is 0.182 e. The molecule has 100 valence electrons. The summed E-state index contributed by atoms with van der Waals surface area (Å²) in [5.74, 6) is 0.658. The molecular weight excluding hydrogens is 292 g/mol. The zero-order valence-electron chi connectivity index (χ0n) is 11.9. The molecular formula is C15H21BrO2. The largest absolute Gasteiger partial charge is 0.496 e. The van der Waals surface area contributed by atoms with Gasteiger partial charge in [-0.25, -0.2) is 0 Å². The number of carbonyl (C=O) groups excluding carboxylic acids is 1. The minimum atomic E-state index is -0.587. The predicted octanol–water partition coefficient (Wildman–Crippen LogP) is 4.35. The van der Waals surface area contributed by atoms with Crippen LogP contribution in [0.3, 0.4) is 0 Å². The number of alkyl halides is 1. The van der Waals surface area contributed by atoms with Gasteiger partial charge in [-0.1, -0.05) is 42.8 Å². The second-order valence-electron chi connectivity index (χ2n) is 5.97. The van der Waals surface area contributed by atoms with E-state index >= 15 is 0 Å². The molecule has 0 fully saturated rings. The fourth-order valence-electron chi connectivity index (χ4n) is 1.67. The van der Waals surface area contributed by atoms with Gasteiger partial charge in [-0.05, 0) is 37.0 Å². The number of halogens is 1. The molecule has 0 unspecified atom stereocenters. The Balaban J connectivity index is 3.36. The Morgan fingerprint density at radius 2 is 1.72 bits per heavy atom. The molecule has 0 atom stereocenters. The van der Waals surface area contributed by atoms with Gasteiger partial charge in [-0.3, -0.25) is 4.79 Å². The number of hydrogen-bond acceptors (Lipinski definition) is 2. The first-order valence-corrected chi connectivity index (χ1v) is 6.79. The number of ketones is 1. The van der Waals surface area contributed by atoms with Gasteiger partial charge < -0.3 is 4.74 Å². The molecule has 1 aromatic rings. The fourth-order valence-corrected chi connectivity index (χ4v) is 1.89. The second-order valence-corrected chi connectivity index (χ2v) is 7.95. The van der Waals surface area contributed by atoms with Gasteiger partial charge in [-0.2, -0.15) is 0 Å². The monoisotopic (exact) mass is 312 g/mol. The van der Waals surface area contributed by atoms with Gasteiger partial charge in [0.2, 0.25) is 0 Å². The summed E-state index contributed by atoms with van der Waals surface area (Å²) in [4.78, 5) is 12.4. The van der Waals surface area contributed by atoms with E-state index < -0.39 is 4.32 Å². The Morgan fingerprint density at radius 1 is 1.17 bits per heavy atom. The van der Waals surface area contributed by atoms with Crippen molar-refractivity contribution in [2.75, 3.05) is 7.11 Å². The van der Waals surface area contributed by atoms with E-state index in [0.717, 1.165) is 5.56 Å². The molecule has 3 heteroatoms. The van der Waals surface area contributed by atoms with Crippen molar-refractivity contribution in [3.63, 3.8) is 0 Å². The highest BCUT2D eigenvalue weighted by atomic mass is 79.9. The van der Waals surface area contributed by atoms with E-state index in [2.05, 4.69) is 36.7 Å². The lowest BCUT2D eigenvalue weighted by Crippen LogP contribution is -2.25. The Labute approximate surface area is 118 Å². The van der Waals surface area contributed by atoms with E-state index in [4.69, 9.17) is 4.74 Å². The van der Waals surface area contributed by atoms with Gasteiger partial charge in [0, 0.05) is 0 Å². The molecule has 0 amide bonds. The van der Waals surface area contributed by atoms with Gasteiger partial charge in [0.15, 0.2) is 5.78 Å². The maximum atomic E-state index is 12.4. The molecule has 0 bridgehead atoms. The Morgan fingerprint density at radius 3 is 2.11 bits per heavy atom. The van der Waals surface area contributed by atoms with Crippen molar-refractivity contribution < 1.29 is 9.53 Å². The molecule has 0 radical (unpaired) electrons. The Hall–Kier alpha value is -0.830. The first kappa shape index (κ1) is 15.2. The van der Waals surface area contributed by atoms with Crippen molar-refractivity contribution in [3.8, 4) is 5.75 Å². The van der Waals surface area contributed by atoms with Crippen molar-refractivity contribution >= 4 is 21.7 Å². The first-order chi connectivity index (χ1) is 8.07. The molecule has 0 aliphatic rings. The lowest BCUT2D eigenvalue weighted by Gasteiger charge is -2.22. The highest BCUT2D eigenvalue weighted by Gasteiger charge is 2.28. The third-order valence-corrected chi connectivity index (χ3v) is 3.21. The van der Waals surface area contributed by atoms with Crippen LogP contribution in [0.15, 0.2) is 18.2 Å². The van der Waals surface area contributed by atoms with Gasteiger partial charge in [-0.15, -0.1) is 0 Å². The minimum Gasteiger partial charge on any atom is -0.496 e. The minimum absolute atomic E-state index is 0.0117. The van der Waals surface area contributed by atoms with Crippen LogP contribution in [0.1, 0.15) is 50.5 Å². The van der Waals surface area contributed by atoms with Gasteiger partial charge in [0.1, 0.15) is 5.75 Å². The number of methoxy groups -OCH3 is 1. The number of benzene rings is 1.